The first kappa shape index (κ1) is 12.8. The number of hydrogen-bond acceptors (Lipinski definition) is 4. The van der Waals surface area contributed by atoms with Crippen molar-refractivity contribution in [3.63, 3.8) is 0 Å². The average Bonchev–Trinajstić information content (AvgIpc) is 3.09. The Balaban J connectivity index is 1.50. The summed E-state index contributed by atoms with van der Waals surface area (Å²) in [5.74, 6) is 0.693. The maximum Gasteiger partial charge on any atom is 0.350 e. The first-order valence-electron chi connectivity index (χ1n) is 7.20. The van der Waals surface area contributed by atoms with Crippen molar-refractivity contribution in [1.82, 2.24) is 19.2 Å². The first-order chi connectivity index (χ1) is 10.8. The van der Waals surface area contributed by atoms with Crippen molar-refractivity contribution in [3.05, 3.63) is 65.0 Å². The molecule has 0 saturated carbocycles. The lowest BCUT2D eigenvalue weighted by molar-refractivity contribution is 0.487. The molecule has 0 amide bonds. The molecule has 3 heterocycles. The number of benzene rings is 1. The quantitative estimate of drug-likeness (QED) is 0.579. The van der Waals surface area contributed by atoms with Gasteiger partial charge in [-0.05, 0) is 30.7 Å². The van der Waals surface area contributed by atoms with Gasteiger partial charge in [-0.3, -0.25) is 4.40 Å². The Hall–Kier alpha value is -2.89. The molecule has 0 saturated heterocycles. The molecule has 4 aromatic rings. The van der Waals surface area contributed by atoms with Crippen LogP contribution in [-0.4, -0.2) is 19.2 Å². The lowest BCUT2D eigenvalue weighted by Gasteiger charge is -1.96. The lowest BCUT2D eigenvalue weighted by Crippen LogP contribution is -2.21. The lowest BCUT2D eigenvalue weighted by atomic mass is 10.3. The second-order valence-corrected chi connectivity index (χ2v) is 5.11. The summed E-state index contributed by atoms with van der Waals surface area (Å²) in [7, 11) is 0. The second-order valence-electron chi connectivity index (χ2n) is 5.11. The smallest absolute Gasteiger partial charge is 0.350 e. The van der Waals surface area contributed by atoms with Crippen LogP contribution in [0.3, 0.4) is 0 Å². The number of pyridine rings is 1. The Kier molecular flexibility index (Phi) is 3.00. The predicted molar refractivity (Wildman–Crippen MR) is 81.8 cm³/mol. The molecule has 0 aliphatic heterocycles. The van der Waals surface area contributed by atoms with E-state index in [1.165, 1.54) is 4.68 Å². The maximum absolute atomic E-state index is 12.1. The highest BCUT2D eigenvalue weighted by atomic mass is 16.3. The van der Waals surface area contributed by atoms with E-state index in [9.17, 15) is 4.79 Å². The molecule has 4 rings (SSSR count). The normalized spacial score (nSPS) is 11.5. The predicted octanol–water partition coefficient (Wildman–Crippen LogP) is 2.27. The van der Waals surface area contributed by atoms with Crippen molar-refractivity contribution in [2.75, 3.05) is 0 Å². The first-order valence-corrected chi connectivity index (χ1v) is 7.20. The van der Waals surface area contributed by atoms with E-state index in [4.69, 9.17) is 4.42 Å². The van der Waals surface area contributed by atoms with Gasteiger partial charge in [0.05, 0.1) is 0 Å². The monoisotopic (exact) mass is 294 g/mol. The zero-order chi connectivity index (χ0) is 14.9. The zero-order valence-corrected chi connectivity index (χ0v) is 11.8. The third-order valence-electron chi connectivity index (χ3n) is 3.59. The van der Waals surface area contributed by atoms with E-state index in [2.05, 4.69) is 10.1 Å². The fourth-order valence-electron chi connectivity index (χ4n) is 2.52. The summed E-state index contributed by atoms with van der Waals surface area (Å²) >= 11 is 0. The van der Waals surface area contributed by atoms with Crippen molar-refractivity contribution in [2.45, 2.75) is 19.4 Å². The van der Waals surface area contributed by atoms with Gasteiger partial charge in [0.25, 0.3) is 0 Å². The highest BCUT2D eigenvalue weighted by Gasteiger charge is 2.08. The number of nitrogens with zero attached hydrogens (tertiary/aromatic N) is 4. The molecule has 0 aliphatic carbocycles. The molecule has 0 unspecified atom stereocenters. The van der Waals surface area contributed by atoms with E-state index < -0.39 is 0 Å². The van der Waals surface area contributed by atoms with E-state index in [1.807, 2.05) is 42.5 Å². The Morgan fingerprint density at radius 2 is 1.95 bits per heavy atom. The minimum atomic E-state index is -0.117. The molecule has 0 spiro atoms. The van der Waals surface area contributed by atoms with E-state index in [0.717, 1.165) is 17.5 Å². The molecule has 22 heavy (non-hydrogen) atoms. The number of fused-ring (bicyclic) bond motifs is 2. The van der Waals surface area contributed by atoms with Crippen molar-refractivity contribution < 1.29 is 4.42 Å². The summed E-state index contributed by atoms with van der Waals surface area (Å²) in [6, 6.07) is 13.2. The van der Waals surface area contributed by atoms with E-state index in [1.54, 1.807) is 10.6 Å². The molecule has 0 atom stereocenters. The summed E-state index contributed by atoms with van der Waals surface area (Å²) in [5.41, 5.74) is 2.20. The minimum absolute atomic E-state index is 0.117. The Labute approximate surface area is 125 Å². The van der Waals surface area contributed by atoms with Crippen LogP contribution in [0, 0.1) is 0 Å². The van der Waals surface area contributed by atoms with Gasteiger partial charge >= 0.3 is 5.69 Å². The van der Waals surface area contributed by atoms with Crippen molar-refractivity contribution in [3.8, 4) is 0 Å². The largest absolute Gasteiger partial charge is 0.441 e. The van der Waals surface area contributed by atoms with Crippen LogP contribution in [0.2, 0.25) is 0 Å². The summed E-state index contributed by atoms with van der Waals surface area (Å²) in [5, 5.41) is 4.30. The molecule has 3 aromatic heterocycles. The van der Waals surface area contributed by atoms with Gasteiger partial charge in [-0.2, -0.15) is 0 Å². The number of aromatic nitrogens is 4. The summed E-state index contributed by atoms with van der Waals surface area (Å²) in [6.07, 6.45) is 3.15. The van der Waals surface area contributed by atoms with Gasteiger partial charge < -0.3 is 4.42 Å². The van der Waals surface area contributed by atoms with E-state index in [0.29, 0.717) is 24.5 Å². The van der Waals surface area contributed by atoms with E-state index >= 15 is 0 Å². The summed E-state index contributed by atoms with van der Waals surface area (Å²) in [6.45, 7) is 0.541. The molecule has 1 aromatic carbocycles. The molecular weight excluding hydrogens is 280 g/mol. The van der Waals surface area contributed by atoms with Gasteiger partial charge in [0.2, 0.25) is 0 Å². The molecular formula is C16H14N4O2. The molecule has 110 valence electrons. The van der Waals surface area contributed by atoms with E-state index in [-0.39, 0.29) is 5.69 Å². The zero-order valence-electron chi connectivity index (χ0n) is 11.8. The molecule has 0 fully saturated rings. The van der Waals surface area contributed by atoms with Crippen LogP contribution in [0.5, 0.6) is 0 Å². The number of para-hydroxylation sites is 2. The van der Waals surface area contributed by atoms with Gasteiger partial charge in [-0.15, -0.1) is 5.10 Å². The SMILES string of the molecule is O=c1n(CCCc2nc3ccccc3o2)nc2ccccn12. The van der Waals surface area contributed by atoms with Crippen LogP contribution in [0.1, 0.15) is 12.3 Å². The molecule has 6 nitrogen and oxygen atoms in total. The number of hydrogen-bond donors (Lipinski definition) is 0. The van der Waals surface area contributed by atoms with Crippen LogP contribution in [-0.2, 0) is 13.0 Å². The van der Waals surface area contributed by atoms with Gasteiger partial charge in [0.15, 0.2) is 17.1 Å². The summed E-state index contributed by atoms with van der Waals surface area (Å²) in [4.78, 5) is 16.6. The average molecular weight is 294 g/mol. The van der Waals surface area contributed by atoms with Crippen molar-refractivity contribution in [1.29, 1.82) is 0 Å². The topological polar surface area (TPSA) is 65.3 Å². The third kappa shape index (κ3) is 2.18. The van der Waals surface area contributed by atoms with Crippen LogP contribution in [0.4, 0.5) is 0 Å². The Bertz CT molecular complexity index is 963. The van der Waals surface area contributed by atoms with Gasteiger partial charge in [0, 0.05) is 19.2 Å². The Morgan fingerprint density at radius 1 is 1.09 bits per heavy atom. The molecule has 6 heteroatoms. The van der Waals surface area contributed by atoms with Crippen LogP contribution in [0.15, 0.2) is 57.9 Å². The molecule has 0 radical (unpaired) electrons. The molecule has 0 aliphatic rings. The van der Waals surface area contributed by atoms with Crippen LogP contribution < -0.4 is 5.69 Å². The fourth-order valence-corrected chi connectivity index (χ4v) is 2.52. The van der Waals surface area contributed by atoms with Crippen LogP contribution >= 0.6 is 0 Å². The van der Waals surface area contributed by atoms with Crippen molar-refractivity contribution in [2.24, 2.45) is 0 Å². The fraction of sp³-hybridized carbons (Fsp3) is 0.188. The number of oxazole rings is 1. The third-order valence-corrected chi connectivity index (χ3v) is 3.59. The second kappa shape index (κ2) is 5.14. The van der Waals surface area contributed by atoms with Gasteiger partial charge in [-0.1, -0.05) is 18.2 Å². The maximum atomic E-state index is 12.1. The Morgan fingerprint density at radius 3 is 2.82 bits per heavy atom. The minimum Gasteiger partial charge on any atom is -0.441 e. The molecule has 0 N–H and O–H groups in total. The molecule has 0 bridgehead atoms. The standard InChI is InChI=1S/C16H14N4O2/c21-16-19-10-4-3-8-14(19)18-20(16)11-5-9-15-17-12-6-1-2-7-13(12)22-15/h1-4,6-8,10H,5,9,11H2. The summed E-state index contributed by atoms with van der Waals surface area (Å²) < 4.78 is 8.70. The van der Waals surface area contributed by atoms with Gasteiger partial charge in [-0.25, -0.2) is 14.5 Å². The highest BCUT2D eigenvalue weighted by molar-refractivity contribution is 5.72. The highest BCUT2D eigenvalue weighted by Crippen LogP contribution is 2.15. The number of aryl methyl sites for hydroxylation is 2. The number of rotatable bonds is 4. The van der Waals surface area contributed by atoms with Gasteiger partial charge in [0.1, 0.15) is 5.52 Å². The van der Waals surface area contributed by atoms with Crippen LogP contribution in [0.25, 0.3) is 16.7 Å². The van der Waals surface area contributed by atoms with Crippen molar-refractivity contribution >= 4 is 16.7 Å².